The van der Waals surface area contributed by atoms with Crippen LogP contribution in [0.3, 0.4) is 0 Å². The molecule has 1 aromatic carbocycles. The monoisotopic (exact) mass is 537 g/mol. The molecule has 2 aliphatic carbocycles. The van der Waals surface area contributed by atoms with E-state index in [0.717, 1.165) is 43.2 Å². The number of anilines is 1. The van der Waals surface area contributed by atoms with E-state index in [1.807, 2.05) is 25.7 Å². The lowest BCUT2D eigenvalue weighted by Gasteiger charge is -2.43. The van der Waals surface area contributed by atoms with Crippen molar-refractivity contribution in [2.24, 2.45) is 0 Å². The predicted molar refractivity (Wildman–Crippen MR) is 143 cm³/mol. The van der Waals surface area contributed by atoms with Crippen LogP contribution in [-0.4, -0.2) is 66.9 Å². The highest BCUT2D eigenvalue weighted by atomic mass is 32.2. The number of hydrogen-bond donors (Lipinski definition) is 0. The van der Waals surface area contributed by atoms with Gasteiger partial charge in [-0.15, -0.1) is 0 Å². The number of aromatic nitrogens is 2. The number of sulfone groups is 1. The van der Waals surface area contributed by atoms with Crippen LogP contribution in [0.25, 0.3) is 0 Å². The first-order valence-corrected chi connectivity index (χ1v) is 15.1. The van der Waals surface area contributed by atoms with E-state index in [-0.39, 0.29) is 17.0 Å². The van der Waals surface area contributed by atoms with E-state index < -0.39 is 27.6 Å². The number of amides is 1. The van der Waals surface area contributed by atoms with Crippen molar-refractivity contribution in [3.05, 3.63) is 46.6 Å². The van der Waals surface area contributed by atoms with Crippen LogP contribution in [0, 0.1) is 11.3 Å². The smallest absolute Gasteiger partial charge is 0.410 e. The third-order valence-corrected chi connectivity index (χ3v) is 8.79. The molecule has 202 valence electrons. The minimum atomic E-state index is -3.65. The molecule has 1 fully saturated rings. The van der Waals surface area contributed by atoms with E-state index in [1.165, 1.54) is 11.1 Å². The Morgan fingerprint density at radius 3 is 2.63 bits per heavy atom. The lowest BCUT2D eigenvalue weighted by molar-refractivity contribution is 0.0144. The maximum Gasteiger partial charge on any atom is 0.410 e. The number of nitrogens with zero attached hydrogens (tertiary/aromatic N) is 5. The van der Waals surface area contributed by atoms with Crippen LogP contribution < -0.4 is 4.90 Å². The zero-order valence-electron chi connectivity index (χ0n) is 22.5. The maximum absolute atomic E-state index is 12.9. The number of rotatable bonds is 3. The standard InChI is InChI=1S/C28H35N5O4S/c1-27(2,3)37-26(34)33-16-15-32(18-20(33)11-14-29)24-21-10-13-28(12-9-19-7-5-6-8-22(19)28)17-23(21)30-25(31-24)38(4,35)36/h5-8,20H,9-13,15-18H2,1-4H3/t20-,28?/m0/s1. The lowest BCUT2D eigenvalue weighted by atomic mass is 9.69. The number of ether oxygens (including phenoxy) is 1. The first-order valence-electron chi connectivity index (χ1n) is 13.2. The Hall–Kier alpha value is -3.19. The summed E-state index contributed by atoms with van der Waals surface area (Å²) in [5.41, 5.74) is 3.82. The summed E-state index contributed by atoms with van der Waals surface area (Å²) in [6.07, 6.45) is 5.26. The van der Waals surface area contributed by atoms with Gasteiger partial charge in [-0.1, -0.05) is 24.3 Å². The third kappa shape index (κ3) is 4.96. The Kier molecular flexibility index (Phi) is 6.62. The summed E-state index contributed by atoms with van der Waals surface area (Å²) >= 11 is 0. The van der Waals surface area contributed by atoms with Crippen molar-refractivity contribution in [2.45, 2.75) is 81.5 Å². The summed E-state index contributed by atoms with van der Waals surface area (Å²) in [5, 5.41) is 9.33. The van der Waals surface area contributed by atoms with Crippen molar-refractivity contribution < 1.29 is 17.9 Å². The first kappa shape index (κ1) is 26.4. The van der Waals surface area contributed by atoms with Crippen molar-refractivity contribution in [1.82, 2.24) is 14.9 Å². The van der Waals surface area contributed by atoms with Crippen molar-refractivity contribution in [2.75, 3.05) is 30.8 Å². The molecule has 1 aromatic heterocycles. The SMILES string of the molecule is CC(C)(C)OC(=O)N1CCN(c2nc(S(C)(=O)=O)nc3c2CCC2(CCc4ccccc42)C3)C[C@@H]1CC#N. The number of carbonyl (C=O) groups excluding carboxylic acids is 1. The Bertz CT molecular complexity index is 1410. The van der Waals surface area contributed by atoms with Gasteiger partial charge in [0.15, 0.2) is 0 Å². The molecule has 2 heterocycles. The van der Waals surface area contributed by atoms with Crippen molar-refractivity contribution >= 4 is 21.7 Å². The summed E-state index contributed by atoms with van der Waals surface area (Å²) < 4.78 is 30.9. The second-order valence-electron chi connectivity index (χ2n) is 11.8. The van der Waals surface area contributed by atoms with E-state index in [9.17, 15) is 18.5 Å². The molecule has 0 radical (unpaired) electrons. The van der Waals surface area contributed by atoms with Gasteiger partial charge in [-0.05, 0) is 64.0 Å². The average Bonchev–Trinajstić information content (AvgIpc) is 3.19. The highest BCUT2D eigenvalue weighted by molar-refractivity contribution is 7.90. The number of carbonyl (C=O) groups is 1. The van der Waals surface area contributed by atoms with Crippen LogP contribution in [0.4, 0.5) is 10.6 Å². The average molecular weight is 538 g/mol. The van der Waals surface area contributed by atoms with Crippen molar-refractivity contribution in [3.8, 4) is 6.07 Å². The number of benzene rings is 1. The fourth-order valence-electron chi connectivity index (χ4n) is 6.19. The number of fused-ring (bicyclic) bond motifs is 3. The molecule has 9 nitrogen and oxygen atoms in total. The summed E-state index contributed by atoms with van der Waals surface area (Å²) in [4.78, 5) is 25.7. The molecule has 1 amide bonds. The topological polar surface area (TPSA) is 116 Å². The van der Waals surface area contributed by atoms with Gasteiger partial charge in [0.25, 0.3) is 0 Å². The molecule has 3 aliphatic rings. The molecule has 1 unspecified atom stereocenters. The third-order valence-electron chi connectivity index (χ3n) is 7.94. The Labute approximate surface area is 224 Å². The molecule has 0 saturated carbocycles. The van der Waals surface area contributed by atoms with Crippen molar-refractivity contribution in [3.63, 3.8) is 0 Å². The molecule has 38 heavy (non-hydrogen) atoms. The Balaban J connectivity index is 1.50. The molecule has 1 saturated heterocycles. The molecule has 10 heteroatoms. The maximum atomic E-state index is 12.9. The highest BCUT2D eigenvalue weighted by Gasteiger charge is 2.44. The molecule has 2 atom stereocenters. The largest absolute Gasteiger partial charge is 0.444 e. The minimum Gasteiger partial charge on any atom is -0.444 e. The van der Waals surface area contributed by atoms with E-state index in [4.69, 9.17) is 4.74 Å². The van der Waals surface area contributed by atoms with Crippen LogP contribution >= 0.6 is 0 Å². The number of aryl methyl sites for hydroxylation is 1. The van der Waals surface area contributed by atoms with Crippen LogP contribution in [0.2, 0.25) is 0 Å². The van der Waals surface area contributed by atoms with Gasteiger partial charge in [-0.25, -0.2) is 23.2 Å². The molecule has 1 aliphatic heterocycles. The lowest BCUT2D eigenvalue weighted by Crippen LogP contribution is -2.56. The van der Waals surface area contributed by atoms with E-state index in [2.05, 4.69) is 40.3 Å². The number of hydrogen-bond acceptors (Lipinski definition) is 8. The van der Waals surface area contributed by atoms with E-state index in [0.29, 0.717) is 31.9 Å². The molecule has 0 bridgehead atoms. The summed E-state index contributed by atoms with van der Waals surface area (Å²) in [6.45, 7) is 6.63. The highest BCUT2D eigenvalue weighted by Crippen LogP contribution is 2.48. The van der Waals surface area contributed by atoms with Gasteiger partial charge < -0.3 is 14.5 Å². The predicted octanol–water partition coefficient (Wildman–Crippen LogP) is 3.59. The second kappa shape index (κ2) is 9.53. The molecule has 0 N–H and O–H groups in total. The fourth-order valence-corrected chi connectivity index (χ4v) is 6.72. The second-order valence-corrected chi connectivity index (χ2v) is 13.7. The molecular formula is C28H35N5O4S. The quantitative estimate of drug-likeness (QED) is 0.546. The van der Waals surface area contributed by atoms with Gasteiger partial charge in [0.05, 0.1) is 24.2 Å². The summed E-state index contributed by atoms with van der Waals surface area (Å²) in [5.74, 6) is 0.614. The molecule has 2 aromatic rings. The van der Waals surface area contributed by atoms with Crippen molar-refractivity contribution in [1.29, 1.82) is 5.26 Å². The van der Waals surface area contributed by atoms with Gasteiger partial charge in [-0.3, -0.25) is 0 Å². The zero-order chi connectivity index (χ0) is 27.3. The van der Waals surface area contributed by atoms with Crippen LogP contribution in [0.15, 0.2) is 29.4 Å². The Morgan fingerprint density at radius 1 is 1.18 bits per heavy atom. The number of piperazine rings is 1. The van der Waals surface area contributed by atoms with Gasteiger partial charge in [0.2, 0.25) is 15.0 Å². The molecule has 5 rings (SSSR count). The van der Waals surface area contributed by atoms with Crippen LogP contribution in [-0.2, 0) is 39.3 Å². The van der Waals surface area contributed by atoms with E-state index >= 15 is 0 Å². The zero-order valence-corrected chi connectivity index (χ0v) is 23.3. The van der Waals surface area contributed by atoms with Gasteiger partial charge in [0, 0.05) is 36.9 Å². The van der Waals surface area contributed by atoms with Gasteiger partial charge >= 0.3 is 6.09 Å². The molecular weight excluding hydrogens is 502 g/mol. The van der Waals surface area contributed by atoms with Crippen LogP contribution in [0.5, 0.6) is 0 Å². The minimum absolute atomic E-state index is 0.0389. The summed E-state index contributed by atoms with van der Waals surface area (Å²) in [7, 11) is -3.65. The first-order chi connectivity index (χ1) is 17.9. The summed E-state index contributed by atoms with van der Waals surface area (Å²) in [6, 6.07) is 10.3. The normalized spacial score (nSPS) is 23.1. The Morgan fingerprint density at radius 2 is 1.92 bits per heavy atom. The van der Waals surface area contributed by atoms with Crippen LogP contribution in [0.1, 0.15) is 62.4 Å². The number of nitriles is 1. The van der Waals surface area contributed by atoms with Gasteiger partial charge in [-0.2, -0.15) is 5.26 Å². The van der Waals surface area contributed by atoms with E-state index in [1.54, 1.807) is 4.90 Å². The van der Waals surface area contributed by atoms with Gasteiger partial charge in [0.1, 0.15) is 11.4 Å². The molecule has 1 spiro atoms. The fraction of sp³-hybridized carbons (Fsp3) is 0.571.